The van der Waals surface area contributed by atoms with Crippen LogP contribution in [0, 0.1) is 0 Å². The van der Waals surface area contributed by atoms with E-state index in [1.807, 2.05) is 54.6 Å². The van der Waals surface area contributed by atoms with Crippen LogP contribution in [-0.2, 0) is 4.79 Å². The normalized spacial score (nSPS) is 11.0. The zero-order valence-corrected chi connectivity index (χ0v) is 15.4. The number of benzene rings is 2. The number of carbonyl (C=O) groups is 1. The zero-order chi connectivity index (χ0) is 17.8. The Balaban J connectivity index is 2.01. The van der Waals surface area contributed by atoms with E-state index < -0.39 is 5.97 Å². The van der Waals surface area contributed by atoms with Gasteiger partial charge in [0.2, 0.25) is 0 Å². The lowest BCUT2D eigenvalue weighted by molar-refractivity contribution is -0.132. The van der Waals surface area contributed by atoms with Gasteiger partial charge in [-0.2, -0.15) is 0 Å². The van der Waals surface area contributed by atoms with Crippen LogP contribution in [0.1, 0.15) is 18.2 Å². The molecule has 25 heavy (non-hydrogen) atoms. The fraction of sp³-hybridized carbons (Fsp3) is 0.100. The number of fused-ring (bicyclic) bond motifs is 1. The number of hydrogen-bond acceptors (Lipinski definition) is 4. The summed E-state index contributed by atoms with van der Waals surface area (Å²) in [6, 6.07) is 15.5. The molecule has 5 heteroatoms. The van der Waals surface area contributed by atoms with Crippen LogP contribution < -0.4 is 9.47 Å². The fourth-order valence-corrected chi connectivity index (χ4v) is 2.92. The smallest absolute Gasteiger partial charge is 0.308 e. The van der Waals surface area contributed by atoms with E-state index in [2.05, 4.69) is 20.9 Å². The van der Waals surface area contributed by atoms with Gasteiger partial charge in [0.25, 0.3) is 0 Å². The highest BCUT2D eigenvalue weighted by Gasteiger charge is 2.13. The van der Waals surface area contributed by atoms with Crippen molar-refractivity contribution in [1.82, 2.24) is 4.98 Å². The summed E-state index contributed by atoms with van der Waals surface area (Å²) in [7, 11) is 1.53. The number of methoxy groups -OCH3 is 1. The Morgan fingerprint density at radius 2 is 1.92 bits per heavy atom. The summed E-state index contributed by atoms with van der Waals surface area (Å²) in [4.78, 5) is 16.0. The molecule has 2 aromatic carbocycles. The average Bonchev–Trinajstić information content (AvgIpc) is 2.61. The number of ether oxygens (including phenoxy) is 2. The summed E-state index contributed by atoms with van der Waals surface area (Å²) in [5, 5.41) is 1.09. The van der Waals surface area contributed by atoms with Gasteiger partial charge in [0.05, 0.1) is 18.3 Å². The Kier molecular flexibility index (Phi) is 5.14. The van der Waals surface area contributed by atoms with Crippen molar-refractivity contribution in [2.24, 2.45) is 0 Å². The third-order valence-electron chi connectivity index (χ3n) is 3.57. The van der Waals surface area contributed by atoms with Gasteiger partial charge in [-0.1, -0.05) is 40.2 Å². The largest absolute Gasteiger partial charge is 0.493 e. The van der Waals surface area contributed by atoms with Gasteiger partial charge in [0.1, 0.15) is 0 Å². The molecule has 0 bridgehead atoms. The van der Waals surface area contributed by atoms with E-state index in [4.69, 9.17) is 9.47 Å². The number of nitrogens with zero attached hydrogens (tertiary/aromatic N) is 1. The number of hydrogen-bond donors (Lipinski definition) is 0. The summed E-state index contributed by atoms with van der Waals surface area (Å²) in [5.74, 6) is 0.463. The number of halogens is 1. The minimum absolute atomic E-state index is 0.384. The van der Waals surface area contributed by atoms with Gasteiger partial charge in [0.15, 0.2) is 11.5 Å². The van der Waals surface area contributed by atoms with Gasteiger partial charge in [-0.05, 0) is 36.4 Å². The predicted molar refractivity (Wildman–Crippen MR) is 103 cm³/mol. The first-order valence-electron chi connectivity index (χ1n) is 7.66. The number of esters is 1. The molecule has 126 valence electrons. The number of para-hydroxylation sites is 1. The molecule has 0 aliphatic rings. The van der Waals surface area contributed by atoms with Crippen LogP contribution in [0.15, 0.2) is 53.0 Å². The first kappa shape index (κ1) is 17.2. The zero-order valence-electron chi connectivity index (χ0n) is 13.8. The minimum Gasteiger partial charge on any atom is -0.493 e. The number of carbonyl (C=O) groups excluding carboxylic acids is 1. The molecule has 0 amide bonds. The molecule has 1 heterocycles. The third-order valence-corrected chi connectivity index (χ3v) is 4.03. The Bertz CT molecular complexity index is 966. The summed E-state index contributed by atoms with van der Waals surface area (Å²) < 4.78 is 11.5. The lowest BCUT2D eigenvalue weighted by atomic mass is 10.1. The molecule has 0 unspecified atom stereocenters. The van der Waals surface area contributed by atoms with E-state index in [1.54, 1.807) is 6.07 Å². The fourth-order valence-electron chi connectivity index (χ4n) is 2.47. The SMILES string of the molecule is COc1cc(Br)cc(C=Cc2ccc3ccccc3n2)c1OC(C)=O. The van der Waals surface area contributed by atoms with Crippen LogP contribution >= 0.6 is 15.9 Å². The van der Waals surface area contributed by atoms with Gasteiger partial charge in [-0.25, -0.2) is 4.98 Å². The van der Waals surface area contributed by atoms with E-state index in [9.17, 15) is 4.79 Å². The van der Waals surface area contributed by atoms with Crippen LogP contribution in [0.2, 0.25) is 0 Å². The van der Waals surface area contributed by atoms with Crippen LogP contribution in [0.5, 0.6) is 11.5 Å². The highest BCUT2D eigenvalue weighted by molar-refractivity contribution is 9.10. The van der Waals surface area contributed by atoms with Crippen LogP contribution in [0.25, 0.3) is 23.1 Å². The van der Waals surface area contributed by atoms with Crippen LogP contribution in [-0.4, -0.2) is 18.1 Å². The van der Waals surface area contributed by atoms with Gasteiger partial charge in [-0.15, -0.1) is 0 Å². The second kappa shape index (κ2) is 7.49. The molecule has 4 nitrogen and oxygen atoms in total. The van der Waals surface area contributed by atoms with E-state index in [1.165, 1.54) is 14.0 Å². The van der Waals surface area contributed by atoms with Crippen molar-refractivity contribution in [1.29, 1.82) is 0 Å². The molecule has 0 aliphatic heterocycles. The molecule has 1 aromatic heterocycles. The molecular weight excluding hydrogens is 382 g/mol. The molecule has 0 radical (unpaired) electrons. The lowest BCUT2D eigenvalue weighted by Gasteiger charge is -2.11. The van der Waals surface area contributed by atoms with Crippen LogP contribution in [0.3, 0.4) is 0 Å². The third kappa shape index (κ3) is 4.06. The number of rotatable bonds is 4. The molecule has 0 fully saturated rings. The summed E-state index contributed by atoms with van der Waals surface area (Å²) >= 11 is 3.44. The van der Waals surface area contributed by atoms with Crippen molar-refractivity contribution >= 4 is 45.0 Å². The van der Waals surface area contributed by atoms with E-state index in [0.29, 0.717) is 11.5 Å². The van der Waals surface area contributed by atoms with Crippen molar-refractivity contribution in [3.05, 3.63) is 64.3 Å². The highest BCUT2D eigenvalue weighted by Crippen LogP contribution is 2.36. The molecule has 0 N–H and O–H groups in total. The van der Waals surface area contributed by atoms with E-state index in [-0.39, 0.29) is 0 Å². The first-order chi connectivity index (χ1) is 12.1. The maximum atomic E-state index is 11.4. The number of aromatic nitrogens is 1. The van der Waals surface area contributed by atoms with E-state index in [0.717, 1.165) is 26.6 Å². The van der Waals surface area contributed by atoms with Crippen molar-refractivity contribution < 1.29 is 14.3 Å². The quantitative estimate of drug-likeness (QED) is 0.453. The predicted octanol–water partition coefficient (Wildman–Crippen LogP) is 5.10. The molecule has 0 saturated carbocycles. The molecule has 3 rings (SSSR count). The summed E-state index contributed by atoms with van der Waals surface area (Å²) in [6.07, 6.45) is 3.73. The molecule has 0 atom stereocenters. The van der Waals surface area contributed by atoms with Gasteiger partial charge < -0.3 is 9.47 Å². The minimum atomic E-state index is -0.404. The van der Waals surface area contributed by atoms with Gasteiger partial charge in [0, 0.05) is 22.3 Å². The standard InChI is InChI=1S/C20H16BrNO3/c1-13(23)25-20-15(11-16(21)12-19(20)24-2)8-10-17-9-7-14-5-3-4-6-18(14)22-17/h3-12H,1-2H3. The topological polar surface area (TPSA) is 48.4 Å². The lowest BCUT2D eigenvalue weighted by Crippen LogP contribution is -2.04. The van der Waals surface area contributed by atoms with Gasteiger partial charge in [-0.3, -0.25) is 4.79 Å². The Labute approximate surface area is 154 Å². The van der Waals surface area contributed by atoms with E-state index >= 15 is 0 Å². The molecule has 3 aromatic rings. The summed E-state index contributed by atoms with van der Waals surface area (Å²) in [5.41, 5.74) is 2.46. The number of pyridine rings is 1. The Hall–Kier alpha value is -2.66. The monoisotopic (exact) mass is 397 g/mol. The Morgan fingerprint density at radius 1 is 1.12 bits per heavy atom. The van der Waals surface area contributed by atoms with Crippen LogP contribution in [0.4, 0.5) is 0 Å². The van der Waals surface area contributed by atoms with Crippen molar-refractivity contribution in [3.8, 4) is 11.5 Å². The van der Waals surface area contributed by atoms with Gasteiger partial charge >= 0.3 is 5.97 Å². The highest BCUT2D eigenvalue weighted by atomic mass is 79.9. The second-order valence-corrected chi connectivity index (χ2v) is 6.30. The molecule has 0 saturated heterocycles. The maximum Gasteiger partial charge on any atom is 0.308 e. The maximum absolute atomic E-state index is 11.4. The molecule has 0 aliphatic carbocycles. The molecule has 0 spiro atoms. The average molecular weight is 398 g/mol. The van der Waals surface area contributed by atoms with Crippen molar-refractivity contribution in [3.63, 3.8) is 0 Å². The van der Waals surface area contributed by atoms with Crippen molar-refractivity contribution in [2.75, 3.05) is 7.11 Å². The molecular formula is C20H16BrNO3. The second-order valence-electron chi connectivity index (χ2n) is 5.38. The first-order valence-corrected chi connectivity index (χ1v) is 8.46. The Morgan fingerprint density at radius 3 is 2.68 bits per heavy atom. The van der Waals surface area contributed by atoms with Crippen molar-refractivity contribution in [2.45, 2.75) is 6.92 Å². The summed E-state index contributed by atoms with van der Waals surface area (Å²) in [6.45, 7) is 1.36.